The van der Waals surface area contributed by atoms with Gasteiger partial charge in [-0.25, -0.2) is 0 Å². The zero-order valence-electron chi connectivity index (χ0n) is 32.9. The van der Waals surface area contributed by atoms with Crippen molar-refractivity contribution in [2.24, 2.45) is 0 Å². The first-order chi connectivity index (χ1) is 23.7. The molecule has 4 nitrogen and oxygen atoms in total. The fourth-order valence-electron chi connectivity index (χ4n) is 6.12. The Kier molecular flexibility index (Phi) is 16.5. The fraction of sp³-hybridized carbons (Fsp3) is 0.500. The summed E-state index contributed by atoms with van der Waals surface area (Å²) in [5.41, 5.74) is 2.55. The van der Waals surface area contributed by atoms with E-state index in [1.54, 1.807) is 7.11 Å². The molecule has 0 aliphatic carbocycles. The van der Waals surface area contributed by atoms with Crippen molar-refractivity contribution in [3.63, 3.8) is 0 Å². The second kappa shape index (κ2) is 19.8. The van der Waals surface area contributed by atoms with Gasteiger partial charge in [0.25, 0.3) is 8.32 Å². The Hall–Kier alpha value is -2.75. The zero-order chi connectivity index (χ0) is 36.7. The highest BCUT2D eigenvalue weighted by molar-refractivity contribution is 6.99. The number of benzene rings is 3. The normalized spacial score (nSPS) is 13.9. The van der Waals surface area contributed by atoms with Crippen LogP contribution in [0.1, 0.15) is 92.6 Å². The molecule has 1 atom stereocenters. The van der Waals surface area contributed by atoms with Gasteiger partial charge in [0.15, 0.2) is 8.32 Å². The van der Waals surface area contributed by atoms with E-state index < -0.39 is 16.6 Å². The van der Waals surface area contributed by atoms with E-state index in [0.717, 1.165) is 50.0 Å². The molecular formula is C44H66O4Si2. The molecule has 3 aromatic carbocycles. The Bertz CT molecular complexity index is 1400. The van der Waals surface area contributed by atoms with Crippen molar-refractivity contribution in [2.45, 2.75) is 123 Å². The van der Waals surface area contributed by atoms with Gasteiger partial charge in [-0.2, -0.15) is 0 Å². The van der Waals surface area contributed by atoms with Crippen LogP contribution in [0.5, 0.6) is 5.75 Å². The average Bonchev–Trinajstić information content (AvgIpc) is 3.08. The van der Waals surface area contributed by atoms with Crippen LogP contribution in [-0.4, -0.2) is 43.1 Å². The van der Waals surface area contributed by atoms with Crippen molar-refractivity contribution < 1.29 is 18.3 Å². The van der Waals surface area contributed by atoms with Crippen LogP contribution < -0.4 is 15.1 Å². The van der Waals surface area contributed by atoms with Crippen molar-refractivity contribution in [1.82, 2.24) is 0 Å². The second-order valence-corrected chi connectivity index (χ2v) is 25.2. The maximum absolute atomic E-state index is 7.63. The van der Waals surface area contributed by atoms with Gasteiger partial charge < -0.3 is 18.3 Å². The summed E-state index contributed by atoms with van der Waals surface area (Å²) < 4.78 is 25.4. The predicted molar refractivity (Wildman–Crippen MR) is 219 cm³/mol. The number of hydrogen-bond donors (Lipinski definition) is 0. The summed E-state index contributed by atoms with van der Waals surface area (Å²) in [7, 11) is -2.71. The van der Waals surface area contributed by atoms with E-state index >= 15 is 0 Å². The first-order valence-electron chi connectivity index (χ1n) is 18.7. The summed E-state index contributed by atoms with van der Waals surface area (Å²) >= 11 is 0. The SMILES string of the molecule is COc1ccc(COCCCC(/C=C(/C)CCCC/C=C/CO[Si](C)(C)C(C)(C)C)O[Si](c2ccccc2)(c2ccccc2)C(C)(C)C)cc1. The molecule has 0 aliphatic heterocycles. The molecule has 0 heterocycles. The topological polar surface area (TPSA) is 36.9 Å². The molecule has 0 aliphatic rings. The summed E-state index contributed by atoms with van der Waals surface area (Å²) in [5, 5.41) is 2.79. The van der Waals surface area contributed by atoms with Crippen LogP contribution in [0, 0.1) is 0 Å². The van der Waals surface area contributed by atoms with Crippen LogP contribution in [0.15, 0.2) is 109 Å². The summed E-state index contributed by atoms with van der Waals surface area (Å²) in [5.74, 6) is 0.863. The highest BCUT2D eigenvalue weighted by Gasteiger charge is 2.51. The summed E-state index contributed by atoms with van der Waals surface area (Å²) in [6, 6.07) is 30.1. The van der Waals surface area contributed by atoms with Crippen molar-refractivity contribution in [1.29, 1.82) is 0 Å². The lowest BCUT2D eigenvalue weighted by Gasteiger charge is -2.45. The molecule has 0 saturated carbocycles. The molecule has 0 fully saturated rings. The molecular weight excluding hydrogens is 649 g/mol. The summed E-state index contributed by atoms with van der Waals surface area (Å²) in [6.07, 6.45) is 13.2. The molecule has 3 aromatic rings. The largest absolute Gasteiger partial charge is 0.497 e. The maximum atomic E-state index is 7.63. The Morgan fingerprint density at radius 3 is 1.88 bits per heavy atom. The Balaban J connectivity index is 1.72. The minimum absolute atomic E-state index is 0.0155. The van der Waals surface area contributed by atoms with Gasteiger partial charge >= 0.3 is 0 Å². The Morgan fingerprint density at radius 1 is 0.740 bits per heavy atom. The van der Waals surface area contributed by atoms with Gasteiger partial charge in [-0.3, -0.25) is 0 Å². The monoisotopic (exact) mass is 714 g/mol. The quantitative estimate of drug-likeness (QED) is 0.0663. The van der Waals surface area contributed by atoms with Crippen LogP contribution in [0.2, 0.25) is 23.2 Å². The van der Waals surface area contributed by atoms with E-state index in [1.165, 1.54) is 22.4 Å². The van der Waals surface area contributed by atoms with Gasteiger partial charge in [-0.05, 0) is 96.7 Å². The number of methoxy groups -OCH3 is 1. The van der Waals surface area contributed by atoms with Crippen molar-refractivity contribution in [3.05, 3.63) is 114 Å². The average molecular weight is 715 g/mol. The molecule has 50 heavy (non-hydrogen) atoms. The number of allylic oxidation sites excluding steroid dienone is 2. The van der Waals surface area contributed by atoms with Gasteiger partial charge in [0.2, 0.25) is 0 Å². The van der Waals surface area contributed by atoms with E-state index in [0.29, 0.717) is 13.2 Å². The minimum Gasteiger partial charge on any atom is -0.497 e. The molecule has 0 bridgehead atoms. The van der Waals surface area contributed by atoms with E-state index in [2.05, 4.69) is 153 Å². The van der Waals surface area contributed by atoms with E-state index in [1.807, 2.05) is 12.1 Å². The summed E-state index contributed by atoms with van der Waals surface area (Å²) in [6.45, 7) is 22.9. The lowest BCUT2D eigenvalue weighted by atomic mass is 10.1. The predicted octanol–water partition coefficient (Wildman–Crippen LogP) is 11.0. The maximum Gasteiger partial charge on any atom is 0.261 e. The molecule has 6 heteroatoms. The number of unbranched alkanes of at least 4 members (excludes halogenated alkanes) is 2. The summed E-state index contributed by atoms with van der Waals surface area (Å²) in [4.78, 5) is 0. The van der Waals surface area contributed by atoms with Crippen LogP contribution >= 0.6 is 0 Å². The molecule has 0 aromatic heterocycles. The van der Waals surface area contributed by atoms with Crippen molar-refractivity contribution >= 4 is 27.0 Å². The van der Waals surface area contributed by atoms with Gasteiger partial charge in [0.05, 0.1) is 26.4 Å². The highest BCUT2D eigenvalue weighted by Crippen LogP contribution is 2.39. The zero-order valence-corrected chi connectivity index (χ0v) is 34.9. The van der Waals surface area contributed by atoms with Gasteiger partial charge in [0.1, 0.15) is 5.75 Å². The third-order valence-corrected chi connectivity index (χ3v) is 19.7. The van der Waals surface area contributed by atoms with Crippen LogP contribution in [0.3, 0.4) is 0 Å². The van der Waals surface area contributed by atoms with Crippen LogP contribution in [0.4, 0.5) is 0 Å². The van der Waals surface area contributed by atoms with E-state index in [-0.39, 0.29) is 16.2 Å². The standard InChI is InChI=1S/C44H66O4Si2/c1-37(23-16-12-11-13-21-34-47-49(9,10)43(2,3)4)35-40(24-22-33-46-36-38-29-31-39(45-8)32-30-38)48-50(44(5,6)7,41-25-17-14-18-26-41)42-27-19-15-20-28-42/h13-15,17-21,25-32,35,40H,11-12,16,22-24,33-34,36H2,1-10H3/b21-13+,37-35-. The highest BCUT2D eigenvalue weighted by atomic mass is 28.4. The second-order valence-electron chi connectivity index (χ2n) is 16.2. The van der Waals surface area contributed by atoms with Gasteiger partial charge in [0, 0.05) is 6.61 Å². The Morgan fingerprint density at radius 2 is 1.34 bits per heavy atom. The van der Waals surface area contributed by atoms with Crippen molar-refractivity contribution in [2.75, 3.05) is 20.3 Å². The molecule has 3 rings (SSSR count). The molecule has 0 N–H and O–H groups in total. The first kappa shape index (κ1) is 41.7. The number of rotatable bonds is 20. The molecule has 0 spiro atoms. The van der Waals surface area contributed by atoms with Gasteiger partial charge in [-0.1, -0.05) is 138 Å². The molecule has 1 unspecified atom stereocenters. The number of hydrogen-bond acceptors (Lipinski definition) is 4. The van der Waals surface area contributed by atoms with E-state index in [4.69, 9.17) is 18.3 Å². The fourth-order valence-corrected chi connectivity index (χ4v) is 11.7. The number of ether oxygens (including phenoxy) is 2. The molecule has 0 saturated heterocycles. The lowest BCUT2D eigenvalue weighted by Crippen LogP contribution is -2.67. The molecule has 0 radical (unpaired) electrons. The van der Waals surface area contributed by atoms with Crippen LogP contribution in [0.25, 0.3) is 0 Å². The molecule has 274 valence electrons. The Labute approximate surface area is 307 Å². The third-order valence-electron chi connectivity index (χ3n) is 10.1. The van der Waals surface area contributed by atoms with E-state index in [9.17, 15) is 0 Å². The third kappa shape index (κ3) is 12.5. The lowest BCUT2D eigenvalue weighted by molar-refractivity contribution is 0.107. The first-order valence-corrected chi connectivity index (χ1v) is 23.5. The smallest absolute Gasteiger partial charge is 0.261 e. The molecule has 0 amide bonds. The van der Waals surface area contributed by atoms with Crippen molar-refractivity contribution in [3.8, 4) is 5.75 Å². The minimum atomic E-state index is -2.71. The van der Waals surface area contributed by atoms with Crippen LogP contribution in [-0.2, 0) is 20.2 Å². The van der Waals surface area contributed by atoms with Gasteiger partial charge in [-0.15, -0.1) is 0 Å².